The molecule has 1 heterocycles. The number of aromatic nitrogens is 2. The van der Waals surface area contributed by atoms with Gasteiger partial charge in [-0.25, -0.2) is 13.1 Å². The van der Waals surface area contributed by atoms with Gasteiger partial charge in [-0.15, -0.1) is 0 Å². The molecule has 0 unspecified atom stereocenters. The molecule has 1 aromatic heterocycles. The summed E-state index contributed by atoms with van der Waals surface area (Å²) in [6.07, 6.45) is 3.98. The number of nitro groups is 1. The van der Waals surface area contributed by atoms with Gasteiger partial charge in [0.25, 0.3) is 5.69 Å². The molecule has 0 saturated carbocycles. The van der Waals surface area contributed by atoms with Gasteiger partial charge in [-0.3, -0.25) is 14.8 Å². The van der Waals surface area contributed by atoms with E-state index in [1.165, 1.54) is 18.2 Å². The van der Waals surface area contributed by atoms with Gasteiger partial charge in [0.15, 0.2) is 0 Å². The second-order valence-corrected chi connectivity index (χ2v) is 7.11. The number of benzene rings is 1. The number of aryl methyl sites for hydroxylation is 1. The van der Waals surface area contributed by atoms with Gasteiger partial charge in [-0.05, 0) is 28.4 Å². The molecule has 0 aliphatic rings. The number of nitrogens with zero attached hydrogens (tertiary/aromatic N) is 3. The molecule has 2 aromatic rings. The van der Waals surface area contributed by atoms with Gasteiger partial charge in [0.1, 0.15) is 0 Å². The van der Waals surface area contributed by atoms with Crippen molar-refractivity contribution in [2.45, 2.75) is 17.9 Å². The zero-order valence-electron chi connectivity index (χ0n) is 11.3. The van der Waals surface area contributed by atoms with Crippen LogP contribution in [0.4, 0.5) is 5.69 Å². The quantitative estimate of drug-likeness (QED) is 0.442. The SMILES string of the molecule is O=[N+]([O-])c1cccc(S(=O)(=O)NCCCn2cc(Br)cn2)c1. The molecule has 118 valence electrons. The van der Waals surface area contributed by atoms with Gasteiger partial charge in [0.05, 0.1) is 20.5 Å². The molecule has 0 amide bonds. The molecule has 8 nitrogen and oxygen atoms in total. The van der Waals surface area contributed by atoms with Crippen LogP contribution in [-0.4, -0.2) is 29.7 Å². The molecule has 0 aliphatic carbocycles. The summed E-state index contributed by atoms with van der Waals surface area (Å²) in [7, 11) is -3.76. The summed E-state index contributed by atoms with van der Waals surface area (Å²) < 4.78 is 29.1. The van der Waals surface area contributed by atoms with Crippen LogP contribution < -0.4 is 4.72 Å². The first kappa shape index (κ1) is 16.6. The van der Waals surface area contributed by atoms with Crippen molar-refractivity contribution in [1.82, 2.24) is 14.5 Å². The van der Waals surface area contributed by atoms with Crippen molar-refractivity contribution in [3.63, 3.8) is 0 Å². The van der Waals surface area contributed by atoms with Crippen LogP contribution >= 0.6 is 15.9 Å². The Morgan fingerprint density at radius 3 is 2.82 bits per heavy atom. The van der Waals surface area contributed by atoms with Crippen LogP contribution in [0.3, 0.4) is 0 Å². The maximum atomic E-state index is 12.1. The highest BCUT2D eigenvalue weighted by molar-refractivity contribution is 9.10. The predicted molar refractivity (Wildman–Crippen MR) is 82.8 cm³/mol. The molecule has 0 aliphatic heterocycles. The Morgan fingerprint density at radius 1 is 1.41 bits per heavy atom. The minimum Gasteiger partial charge on any atom is -0.272 e. The van der Waals surface area contributed by atoms with Crippen LogP contribution in [0, 0.1) is 10.1 Å². The van der Waals surface area contributed by atoms with Gasteiger partial charge in [0.2, 0.25) is 10.0 Å². The van der Waals surface area contributed by atoms with Crippen LogP contribution in [0.25, 0.3) is 0 Å². The van der Waals surface area contributed by atoms with Crippen molar-refractivity contribution < 1.29 is 13.3 Å². The fourth-order valence-electron chi connectivity index (χ4n) is 1.76. The molecule has 0 atom stereocenters. The number of hydrogen-bond acceptors (Lipinski definition) is 5. The summed E-state index contributed by atoms with van der Waals surface area (Å²) in [5, 5.41) is 14.7. The third-order valence-electron chi connectivity index (χ3n) is 2.80. The number of sulfonamides is 1. The molecule has 0 saturated heterocycles. The van der Waals surface area contributed by atoms with Gasteiger partial charge in [0, 0.05) is 31.4 Å². The summed E-state index contributed by atoms with van der Waals surface area (Å²) in [6.45, 7) is 0.769. The van der Waals surface area contributed by atoms with Crippen molar-refractivity contribution in [2.75, 3.05) is 6.54 Å². The van der Waals surface area contributed by atoms with Crippen molar-refractivity contribution in [3.8, 4) is 0 Å². The smallest absolute Gasteiger partial charge is 0.270 e. The maximum Gasteiger partial charge on any atom is 0.270 e. The lowest BCUT2D eigenvalue weighted by Crippen LogP contribution is -2.25. The largest absolute Gasteiger partial charge is 0.272 e. The first-order valence-corrected chi connectivity index (χ1v) is 8.58. The van der Waals surface area contributed by atoms with E-state index in [0.717, 1.165) is 10.5 Å². The zero-order chi connectivity index (χ0) is 16.2. The van der Waals surface area contributed by atoms with Crippen molar-refractivity contribution >= 4 is 31.6 Å². The molecule has 22 heavy (non-hydrogen) atoms. The Hall–Kier alpha value is -1.78. The molecule has 1 aromatic carbocycles. The summed E-state index contributed by atoms with van der Waals surface area (Å²) in [5.41, 5.74) is -0.260. The maximum absolute atomic E-state index is 12.1. The van der Waals surface area contributed by atoms with Crippen LogP contribution in [0.1, 0.15) is 6.42 Å². The predicted octanol–water partition coefficient (Wildman–Crippen LogP) is 1.92. The normalized spacial score (nSPS) is 11.5. The van der Waals surface area contributed by atoms with Crippen molar-refractivity contribution in [2.24, 2.45) is 0 Å². The lowest BCUT2D eigenvalue weighted by molar-refractivity contribution is -0.385. The second-order valence-electron chi connectivity index (χ2n) is 4.43. The summed E-state index contributed by atoms with van der Waals surface area (Å²) in [6, 6.07) is 4.94. The fraction of sp³-hybridized carbons (Fsp3) is 0.250. The lowest BCUT2D eigenvalue weighted by atomic mass is 10.3. The number of rotatable bonds is 7. The first-order valence-electron chi connectivity index (χ1n) is 6.30. The Kier molecular flexibility index (Phi) is 5.27. The van der Waals surface area contributed by atoms with Gasteiger partial charge in [-0.2, -0.15) is 5.10 Å². The third-order valence-corrected chi connectivity index (χ3v) is 4.66. The highest BCUT2D eigenvalue weighted by Crippen LogP contribution is 2.17. The summed E-state index contributed by atoms with van der Waals surface area (Å²) >= 11 is 3.27. The average Bonchev–Trinajstić information content (AvgIpc) is 2.89. The van der Waals surface area contributed by atoms with Crippen LogP contribution in [0.15, 0.2) is 46.0 Å². The van der Waals surface area contributed by atoms with E-state index in [9.17, 15) is 18.5 Å². The minimum atomic E-state index is -3.76. The molecule has 0 bridgehead atoms. The minimum absolute atomic E-state index is 0.122. The van der Waals surface area contributed by atoms with Crippen molar-refractivity contribution in [1.29, 1.82) is 0 Å². The lowest BCUT2D eigenvalue weighted by Gasteiger charge is -2.06. The number of hydrogen-bond donors (Lipinski definition) is 1. The van der Waals surface area contributed by atoms with Gasteiger partial charge in [-0.1, -0.05) is 6.07 Å². The molecule has 10 heteroatoms. The number of non-ortho nitro benzene ring substituents is 1. The number of nitro benzene ring substituents is 1. The highest BCUT2D eigenvalue weighted by atomic mass is 79.9. The number of nitrogens with one attached hydrogen (secondary N) is 1. The monoisotopic (exact) mass is 388 g/mol. The van der Waals surface area contributed by atoms with E-state index in [1.807, 2.05) is 0 Å². The van der Waals surface area contributed by atoms with Crippen LogP contribution in [0.5, 0.6) is 0 Å². The van der Waals surface area contributed by atoms with Crippen LogP contribution in [-0.2, 0) is 16.6 Å². The third kappa shape index (κ3) is 4.36. The Morgan fingerprint density at radius 2 is 2.18 bits per heavy atom. The molecule has 0 fully saturated rings. The van der Waals surface area contributed by atoms with Gasteiger partial charge < -0.3 is 0 Å². The molecular weight excluding hydrogens is 376 g/mol. The van der Waals surface area contributed by atoms with E-state index >= 15 is 0 Å². The average molecular weight is 389 g/mol. The molecule has 0 spiro atoms. The Balaban J connectivity index is 1.93. The topological polar surface area (TPSA) is 107 Å². The molecule has 1 N–H and O–H groups in total. The van der Waals surface area contributed by atoms with E-state index in [2.05, 4.69) is 25.8 Å². The fourth-order valence-corrected chi connectivity index (χ4v) is 3.20. The molecular formula is C12H13BrN4O4S. The van der Waals surface area contributed by atoms with E-state index < -0.39 is 14.9 Å². The van der Waals surface area contributed by atoms with Gasteiger partial charge >= 0.3 is 0 Å². The Bertz CT molecular complexity index is 775. The second kappa shape index (κ2) is 6.99. The summed E-state index contributed by atoms with van der Waals surface area (Å²) in [5.74, 6) is 0. The van der Waals surface area contributed by atoms with E-state index in [1.54, 1.807) is 17.1 Å². The highest BCUT2D eigenvalue weighted by Gasteiger charge is 2.16. The molecule has 2 rings (SSSR count). The van der Waals surface area contributed by atoms with E-state index in [-0.39, 0.29) is 17.1 Å². The Labute approximate surface area is 135 Å². The van der Waals surface area contributed by atoms with Crippen LogP contribution in [0.2, 0.25) is 0 Å². The van der Waals surface area contributed by atoms with E-state index in [4.69, 9.17) is 0 Å². The molecule has 0 radical (unpaired) electrons. The van der Waals surface area contributed by atoms with Crippen molar-refractivity contribution in [3.05, 3.63) is 51.2 Å². The number of halogens is 1. The van der Waals surface area contributed by atoms with E-state index in [0.29, 0.717) is 13.0 Å². The standard InChI is InChI=1S/C12H13BrN4O4S/c13-10-8-14-16(9-10)6-2-5-15-22(20,21)12-4-1-3-11(7-12)17(18)19/h1,3-4,7-9,15H,2,5-6H2. The zero-order valence-corrected chi connectivity index (χ0v) is 13.7. The first-order chi connectivity index (χ1) is 10.4. The summed E-state index contributed by atoms with van der Waals surface area (Å²) in [4.78, 5) is 9.92.